The number of likely N-dealkylation sites (N-methyl/N-ethyl adjacent to an activating group) is 1. The maximum absolute atomic E-state index is 12.0. The van der Waals surface area contributed by atoms with Gasteiger partial charge in [-0.25, -0.2) is 4.98 Å². The number of fused-ring (bicyclic) bond motifs is 1. The van der Waals surface area contributed by atoms with Crippen molar-refractivity contribution in [3.05, 3.63) is 59.4 Å². The highest BCUT2D eigenvalue weighted by molar-refractivity contribution is 5.80. The first-order valence-corrected chi connectivity index (χ1v) is 9.42. The zero-order valence-corrected chi connectivity index (χ0v) is 16.1. The average Bonchev–Trinajstić information content (AvgIpc) is 3.19. The number of aromatic nitrogens is 2. The van der Waals surface area contributed by atoms with Gasteiger partial charge in [0.2, 0.25) is 5.91 Å². The minimum absolute atomic E-state index is 0.135. The standard InChI is InChI=1S/C22H25N3O2/c1-15-7-6-10-20(16(15)2)27-12-11-25-19-9-5-4-8-18(19)23-22(25)17-13-21(26)24(3)14-17/h4-10,17H,11-14H2,1-3H3. The number of rotatable bonds is 5. The fraction of sp³-hybridized carbons (Fsp3) is 0.364. The number of ether oxygens (including phenoxy) is 1. The van der Waals surface area contributed by atoms with Gasteiger partial charge in [0.05, 0.1) is 17.6 Å². The molecule has 0 bridgehead atoms. The summed E-state index contributed by atoms with van der Waals surface area (Å²) in [5.41, 5.74) is 4.48. The Kier molecular flexibility index (Phi) is 4.60. The van der Waals surface area contributed by atoms with Crippen LogP contribution in [0, 0.1) is 13.8 Å². The molecule has 0 N–H and O–H groups in total. The van der Waals surface area contributed by atoms with Crippen molar-refractivity contribution < 1.29 is 9.53 Å². The van der Waals surface area contributed by atoms with Crippen LogP contribution in [0.1, 0.15) is 29.3 Å². The lowest BCUT2D eigenvalue weighted by atomic mass is 10.1. The second-order valence-electron chi connectivity index (χ2n) is 7.33. The number of imidazole rings is 1. The molecule has 140 valence electrons. The van der Waals surface area contributed by atoms with Crippen molar-refractivity contribution in [2.75, 3.05) is 20.2 Å². The van der Waals surface area contributed by atoms with Gasteiger partial charge in [0.25, 0.3) is 0 Å². The minimum Gasteiger partial charge on any atom is -0.491 e. The maximum Gasteiger partial charge on any atom is 0.223 e. The van der Waals surface area contributed by atoms with Crippen LogP contribution in [-0.4, -0.2) is 40.6 Å². The smallest absolute Gasteiger partial charge is 0.223 e. The van der Waals surface area contributed by atoms with Crippen LogP contribution in [0.5, 0.6) is 5.75 Å². The van der Waals surface area contributed by atoms with Crippen molar-refractivity contribution in [3.8, 4) is 5.75 Å². The fourth-order valence-electron chi connectivity index (χ4n) is 3.80. The van der Waals surface area contributed by atoms with Crippen LogP contribution in [0.3, 0.4) is 0 Å². The first-order valence-electron chi connectivity index (χ1n) is 9.42. The molecule has 1 atom stereocenters. The predicted octanol–water partition coefficient (Wildman–Crippen LogP) is 3.68. The molecule has 4 rings (SSSR count). The summed E-state index contributed by atoms with van der Waals surface area (Å²) in [5.74, 6) is 2.23. The normalized spacial score (nSPS) is 17.1. The van der Waals surface area contributed by atoms with E-state index in [9.17, 15) is 4.79 Å². The number of nitrogens with zero attached hydrogens (tertiary/aromatic N) is 3. The third kappa shape index (κ3) is 3.29. The molecule has 1 fully saturated rings. The first kappa shape index (κ1) is 17.6. The highest BCUT2D eigenvalue weighted by atomic mass is 16.5. The van der Waals surface area contributed by atoms with E-state index in [4.69, 9.17) is 9.72 Å². The van der Waals surface area contributed by atoms with Crippen LogP contribution in [0.4, 0.5) is 0 Å². The molecular formula is C22H25N3O2. The van der Waals surface area contributed by atoms with Gasteiger partial charge in [-0.3, -0.25) is 4.79 Å². The van der Waals surface area contributed by atoms with E-state index in [0.29, 0.717) is 19.6 Å². The molecule has 0 radical (unpaired) electrons. The highest BCUT2D eigenvalue weighted by Crippen LogP contribution is 2.30. The topological polar surface area (TPSA) is 47.4 Å². The fourth-order valence-corrected chi connectivity index (χ4v) is 3.80. The molecule has 1 amide bonds. The molecule has 1 aromatic heterocycles. The second kappa shape index (κ2) is 7.06. The number of carbonyl (C=O) groups excluding carboxylic acids is 1. The van der Waals surface area contributed by atoms with Crippen LogP contribution in [0.2, 0.25) is 0 Å². The number of hydrogen-bond donors (Lipinski definition) is 0. The summed E-state index contributed by atoms with van der Waals surface area (Å²) in [6, 6.07) is 14.3. The van der Waals surface area contributed by atoms with Crippen molar-refractivity contribution in [1.82, 2.24) is 14.5 Å². The molecule has 5 nitrogen and oxygen atoms in total. The van der Waals surface area contributed by atoms with Gasteiger partial charge in [-0.1, -0.05) is 24.3 Å². The van der Waals surface area contributed by atoms with E-state index in [2.05, 4.69) is 30.5 Å². The maximum atomic E-state index is 12.0. The van der Waals surface area contributed by atoms with Gasteiger partial charge < -0.3 is 14.2 Å². The molecule has 0 saturated carbocycles. The molecule has 1 unspecified atom stereocenters. The summed E-state index contributed by atoms with van der Waals surface area (Å²) in [7, 11) is 1.86. The number of benzene rings is 2. The largest absolute Gasteiger partial charge is 0.491 e. The molecule has 0 spiro atoms. The van der Waals surface area contributed by atoms with Crippen molar-refractivity contribution in [3.63, 3.8) is 0 Å². The van der Waals surface area contributed by atoms with E-state index in [0.717, 1.165) is 29.2 Å². The van der Waals surface area contributed by atoms with Gasteiger partial charge in [-0.2, -0.15) is 0 Å². The lowest BCUT2D eigenvalue weighted by Gasteiger charge is -2.15. The predicted molar refractivity (Wildman–Crippen MR) is 106 cm³/mol. The molecule has 5 heteroatoms. The zero-order chi connectivity index (χ0) is 19.0. The summed E-state index contributed by atoms with van der Waals surface area (Å²) in [5, 5.41) is 0. The summed E-state index contributed by atoms with van der Waals surface area (Å²) in [6.45, 7) is 6.17. The van der Waals surface area contributed by atoms with Crippen molar-refractivity contribution >= 4 is 16.9 Å². The minimum atomic E-state index is 0.135. The lowest BCUT2D eigenvalue weighted by molar-refractivity contribution is -0.126. The number of likely N-dealkylation sites (tertiary alicyclic amines) is 1. The van der Waals surface area contributed by atoms with E-state index >= 15 is 0 Å². The van der Waals surface area contributed by atoms with E-state index < -0.39 is 0 Å². The van der Waals surface area contributed by atoms with Gasteiger partial charge in [-0.15, -0.1) is 0 Å². The van der Waals surface area contributed by atoms with Gasteiger partial charge in [0, 0.05) is 25.9 Å². The summed E-state index contributed by atoms with van der Waals surface area (Å²) >= 11 is 0. The number of aryl methyl sites for hydroxylation is 1. The average molecular weight is 363 g/mol. The number of hydrogen-bond acceptors (Lipinski definition) is 3. The van der Waals surface area contributed by atoms with Crippen LogP contribution >= 0.6 is 0 Å². The Balaban J connectivity index is 1.59. The highest BCUT2D eigenvalue weighted by Gasteiger charge is 2.31. The SMILES string of the molecule is Cc1cccc(OCCn2c(C3CC(=O)N(C)C3)nc3ccccc32)c1C. The molecule has 1 aliphatic rings. The van der Waals surface area contributed by atoms with Crippen LogP contribution in [0.15, 0.2) is 42.5 Å². The Bertz CT molecular complexity index is 992. The molecule has 27 heavy (non-hydrogen) atoms. The molecule has 1 saturated heterocycles. The zero-order valence-electron chi connectivity index (χ0n) is 16.1. The van der Waals surface area contributed by atoms with Gasteiger partial charge >= 0.3 is 0 Å². The molecular weight excluding hydrogens is 338 g/mol. The van der Waals surface area contributed by atoms with Gasteiger partial charge in [0.1, 0.15) is 18.2 Å². The Morgan fingerprint density at radius 2 is 1.96 bits per heavy atom. The summed E-state index contributed by atoms with van der Waals surface area (Å²) < 4.78 is 8.29. The van der Waals surface area contributed by atoms with E-state index in [1.165, 1.54) is 11.1 Å². The third-order valence-corrected chi connectivity index (χ3v) is 5.52. The first-order chi connectivity index (χ1) is 13.0. The summed E-state index contributed by atoms with van der Waals surface area (Å²) in [6.07, 6.45) is 0.525. The van der Waals surface area contributed by atoms with E-state index in [1.54, 1.807) is 4.90 Å². The van der Waals surface area contributed by atoms with Crippen LogP contribution < -0.4 is 4.74 Å². The van der Waals surface area contributed by atoms with Gasteiger partial charge in [-0.05, 0) is 43.2 Å². The van der Waals surface area contributed by atoms with Crippen LogP contribution in [-0.2, 0) is 11.3 Å². The summed E-state index contributed by atoms with van der Waals surface area (Å²) in [4.78, 5) is 18.7. The van der Waals surface area contributed by atoms with E-state index in [1.807, 2.05) is 37.4 Å². The second-order valence-corrected chi connectivity index (χ2v) is 7.33. The molecule has 0 aliphatic carbocycles. The molecule has 3 aromatic rings. The Morgan fingerprint density at radius 3 is 2.74 bits per heavy atom. The molecule has 1 aliphatic heterocycles. The van der Waals surface area contributed by atoms with Crippen molar-refractivity contribution in [1.29, 1.82) is 0 Å². The monoisotopic (exact) mass is 363 g/mol. The Hall–Kier alpha value is -2.82. The Morgan fingerprint density at radius 1 is 1.15 bits per heavy atom. The Labute approximate surface area is 159 Å². The molecule has 2 aromatic carbocycles. The van der Waals surface area contributed by atoms with E-state index in [-0.39, 0.29) is 11.8 Å². The number of amides is 1. The van der Waals surface area contributed by atoms with Crippen molar-refractivity contribution in [2.45, 2.75) is 32.7 Å². The van der Waals surface area contributed by atoms with Crippen LogP contribution in [0.25, 0.3) is 11.0 Å². The number of para-hydroxylation sites is 2. The van der Waals surface area contributed by atoms with Gasteiger partial charge in [0.15, 0.2) is 0 Å². The quantitative estimate of drug-likeness (QED) is 0.695. The third-order valence-electron chi connectivity index (χ3n) is 5.52. The number of carbonyl (C=O) groups is 1. The molecule has 2 heterocycles. The lowest BCUT2D eigenvalue weighted by Crippen LogP contribution is -2.19. The van der Waals surface area contributed by atoms with Crippen molar-refractivity contribution in [2.24, 2.45) is 0 Å².